The van der Waals surface area contributed by atoms with Crippen molar-refractivity contribution in [2.45, 2.75) is 42.7 Å². The Morgan fingerprint density at radius 3 is 2.63 bits per heavy atom. The number of sulfonamides is 1. The van der Waals surface area contributed by atoms with E-state index in [4.69, 9.17) is 4.74 Å². The van der Waals surface area contributed by atoms with E-state index in [0.29, 0.717) is 18.6 Å². The molecule has 0 aliphatic carbocycles. The first-order valence-corrected chi connectivity index (χ1v) is 10.8. The number of aliphatic hydroxyl groups is 1. The lowest BCUT2D eigenvalue weighted by Gasteiger charge is -2.36. The van der Waals surface area contributed by atoms with Crippen molar-refractivity contribution in [3.63, 3.8) is 0 Å². The van der Waals surface area contributed by atoms with Crippen LogP contribution >= 0.6 is 0 Å². The van der Waals surface area contributed by atoms with E-state index in [1.165, 1.54) is 7.11 Å². The Kier molecular flexibility index (Phi) is 4.74. The number of ether oxygens (including phenoxy) is 1. The van der Waals surface area contributed by atoms with Gasteiger partial charge < -0.3 is 9.84 Å². The van der Waals surface area contributed by atoms with Crippen LogP contribution in [0.3, 0.4) is 0 Å². The highest BCUT2D eigenvalue weighted by Gasteiger charge is 2.59. The van der Waals surface area contributed by atoms with Crippen molar-refractivity contribution in [3.05, 3.63) is 60.2 Å². The van der Waals surface area contributed by atoms with E-state index in [2.05, 4.69) is 0 Å². The maximum atomic E-state index is 13.4. The molecule has 0 amide bonds. The summed E-state index contributed by atoms with van der Waals surface area (Å²) in [6.07, 6.45) is 3.04. The molecule has 0 radical (unpaired) electrons. The summed E-state index contributed by atoms with van der Waals surface area (Å²) in [6.45, 7) is -0.00675. The largest absolute Gasteiger partial charge is 0.497 e. The number of hydrogen-bond acceptors (Lipinski definition) is 4. The van der Waals surface area contributed by atoms with E-state index in [9.17, 15) is 13.5 Å². The second-order valence-corrected chi connectivity index (χ2v) is 9.49. The van der Waals surface area contributed by atoms with Crippen molar-refractivity contribution in [2.75, 3.05) is 13.7 Å². The summed E-state index contributed by atoms with van der Waals surface area (Å²) in [5, 5.41) is 10.3. The Labute approximate surface area is 160 Å². The molecule has 0 saturated carbocycles. The predicted molar refractivity (Wildman–Crippen MR) is 103 cm³/mol. The minimum absolute atomic E-state index is 0.00675. The maximum Gasteiger partial charge on any atom is 0.243 e. The van der Waals surface area contributed by atoms with E-state index in [1.54, 1.807) is 28.6 Å². The van der Waals surface area contributed by atoms with Crippen LogP contribution in [0.15, 0.2) is 59.5 Å². The number of benzene rings is 2. The van der Waals surface area contributed by atoms with E-state index < -0.39 is 15.4 Å². The summed E-state index contributed by atoms with van der Waals surface area (Å²) in [7, 11) is -2.11. The van der Waals surface area contributed by atoms with Crippen LogP contribution in [0.1, 0.15) is 24.8 Å². The molecule has 2 bridgehead atoms. The van der Waals surface area contributed by atoms with Gasteiger partial charge in [-0.05, 0) is 43.4 Å². The Balaban J connectivity index is 1.68. The molecule has 0 unspecified atom stereocenters. The first kappa shape index (κ1) is 18.5. The van der Waals surface area contributed by atoms with Crippen molar-refractivity contribution in [2.24, 2.45) is 5.41 Å². The van der Waals surface area contributed by atoms with Gasteiger partial charge in [-0.25, -0.2) is 8.42 Å². The molecule has 2 fully saturated rings. The molecule has 144 valence electrons. The van der Waals surface area contributed by atoms with Crippen LogP contribution in [-0.4, -0.2) is 43.6 Å². The first-order chi connectivity index (χ1) is 13.0. The Hall–Kier alpha value is -1.89. The van der Waals surface area contributed by atoms with Gasteiger partial charge in [0.1, 0.15) is 5.75 Å². The minimum atomic E-state index is -3.64. The average Bonchev–Trinajstić information content (AvgIpc) is 3.26. The molecule has 3 atom stereocenters. The Bertz CT molecular complexity index is 915. The first-order valence-electron chi connectivity index (χ1n) is 9.32. The third kappa shape index (κ3) is 3.06. The summed E-state index contributed by atoms with van der Waals surface area (Å²) in [5.41, 5.74) is 0.716. The van der Waals surface area contributed by atoms with Gasteiger partial charge in [0.2, 0.25) is 10.0 Å². The topological polar surface area (TPSA) is 66.8 Å². The van der Waals surface area contributed by atoms with Gasteiger partial charge in [0, 0.05) is 23.6 Å². The molecule has 2 aliphatic rings. The predicted octanol–water partition coefficient (Wildman–Crippen LogP) is 2.84. The van der Waals surface area contributed by atoms with Gasteiger partial charge in [0.15, 0.2) is 0 Å². The standard InChI is InChI=1S/C21H25NO4S/c1-26-18-8-5-9-19(12-18)27(24,25)22-17-10-11-20(22)21(14-17,15-23)13-16-6-3-2-4-7-16/h2-9,12,17,20,23H,10-11,13-15H2,1H3/t17-,20+,21-/m0/s1. The zero-order valence-corrected chi connectivity index (χ0v) is 16.2. The molecule has 5 nitrogen and oxygen atoms in total. The fourth-order valence-corrected chi connectivity index (χ4v) is 6.89. The molecule has 2 aromatic rings. The molecule has 0 aromatic heterocycles. The van der Waals surface area contributed by atoms with Gasteiger partial charge in [0.25, 0.3) is 0 Å². The smallest absolute Gasteiger partial charge is 0.243 e. The van der Waals surface area contributed by atoms with Gasteiger partial charge in [-0.3, -0.25) is 0 Å². The monoisotopic (exact) mass is 387 g/mol. The molecule has 2 heterocycles. The molecule has 2 saturated heterocycles. The highest BCUT2D eigenvalue weighted by molar-refractivity contribution is 7.89. The van der Waals surface area contributed by atoms with Crippen molar-refractivity contribution in [3.8, 4) is 5.75 Å². The number of nitrogens with zero attached hydrogens (tertiary/aromatic N) is 1. The fourth-order valence-electron chi connectivity index (χ4n) is 4.90. The van der Waals surface area contributed by atoms with Crippen LogP contribution in [-0.2, 0) is 16.4 Å². The number of aliphatic hydroxyl groups excluding tert-OH is 1. The molecule has 4 rings (SSSR count). The van der Waals surface area contributed by atoms with Gasteiger partial charge in [0.05, 0.1) is 18.6 Å². The molecule has 27 heavy (non-hydrogen) atoms. The van der Waals surface area contributed by atoms with Crippen LogP contribution < -0.4 is 4.74 Å². The number of methoxy groups -OCH3 is 1. The zero-order chi connectivity index (χ0) is 19.1. The minimum Gasteiger partial charge on any atom is -0.497 e. The van der Waals surface area contributed by atoms with Crippen LogP contribution in [0.25, 0.3) is 0 Å². The van der Waals surface area contributed by atoms with Crippen LogP contribution in [0.4, 0.5) is 0 Å². The van der Waals surface area contributed by atoms with E-state index in [-0.39, 0.29) is 23.6 Å². The van der Waals surface area contributed by atoms with E-state index >= 15 is 0 Å². The van der Waals surface area contributed by atoms with Crippen molar-refractivity contribution in [1.29, 1.82) is 0 Å². The van der Waals surface area contributed by atoms with Crippen LogP contribution in [0, 0.1) is 5.41 Å². The number of hydrogen-bond donors (Lipinski definition) is 1. The van der Waals surface area contributed by atoms with Gasteiger partial charge in [-0.1, -0.05) is 36.4 Å². The molecule has 1 N–H and O–H groups in total. The maximum absolute atomic E-state index is 13.4. The normalized spacial score (nSPS) is 27.8. The second kappa shape index (κ2) is 6.93. The van der Waals surface area contributed by atoms with Gasteiger partial charge in [-0.2, -0.15) is 4.31 Å². The van der Waals surface area contributed by atoms with Crippen LogP contribution in [0.2, 0.25) is 0 Å². The van der Waals surface area contributed by atoms with Gasteiger partial charge in [-0.15, -0.1) is 0 Å². The molecular formula is C21H25NO4S. The second-order valence-electron chi connectivity index (χ2n) is 7.65. The SMILES string of the molecule is COc1cccc(S(=O)(=O)N2[C@H]3CC[C@@H]2[C@@](CO)(Cc2ccccc2)C3)c1. The van der Waals surface area contributed by atoms with Crippen LogP contribution in [0.5, 0.6) is 5.75 Å². The summed E-state index contributed by atoms with van der Waals surface area (Å²) < 4.78 is 33.7. The molecular weight excluding hydrogens is 362 g/mol. The van der Waals surface area contributed by atoms with Crippen molar-refractivity contribution in [1.82, 2.24) is 4.31 Å². The van der Waals surface area contributed by atoms with Crippen molar-refractivity contribution >= 4 is 10.0 Å². The van der Waals surface area contributed by atoms with Gasteiger partial charge >= 0.3 is 0 Å². The highest BCUT2D eigenvalue weighted by atomic mass is 32.2. The summed E-state index contributed by atoms with van der Waals surface area (Å²) in [5.74, 6) is 0.528. The summed E-state index contributed by atoms with van der Waals surface area (Å²) >= 11 is 0. The third-order valence-electron chi connectivity index (χ3n) is 6.12. The van der Waals surface area contributed by atoms with E-state index in [1.807, 2.05) is 30.3 Å². The highest BCUT2D eigenvalue weighted by Crippen LogP contribution is 2.53. The summed E-state index contributed by atoms with van der Waals surface area (Å²) in [4.78, 5) is 0.257. The lowest BCUT2D eigenvalue weighted by molar-refractivity contribution is 0.0889. The number of fused-ring (bicyclic) bond motifs is 2. The van der Waals surface area contributed by atoms with Crippen molar-refractivity contribution < 1.29 is 18.3 Å². The quantitative estimate of drug-likeness (QED) is 0.828. The average molecular weight is 388 g/mol. The molecule has 2 aromatic carbocycles. The molecule has 6 heteroatoms. The Morgan fingerprint density at radius 2 is 1.93 bits per heavy atom. The third-order valence-corrected chi connectivity index (χ3v) is 8.08. The molecule has 0 spiro atoms. The van der Waals surface area contributed by atoms with E-state index in [0.717, 1.165) is 18.4 Å². The summed E-state index contributed by atoms with van der Waals surface area (Å²) in [6, 6.07) is 16.4. The lowest BCUT2D eigenvalue weighted by atomic mass is 9.70. The molecule has 2 aliphatic heterocycles. The Morgan fingerprint density at radius 1 is 1.15 bits per heavy atom. The fraction of sp³-hybridized carbons (Fsp3) is 0.429. The lowest BCUT2D eigenvalue weighted by Crippen LogP contribution is -2.43. The zero-order valence-electron chi connectivity index (χ0n) is 15.4. The number of rotatable bonds is 6.